The minimum atomic E-state index is -0.206. The summed E-state index contributed by atoms with van der Waals surface area (Å²) in [6.45, 7) is 0. The van der Waals surface area contributed by atoms with E-state index in [9.17, 15) is 10.2 Å². The van der Waals surface area contributed by atoms with E-state index >= 15 is 0 Å². The Labute approximate surface area is 135 Å². The van der Waals surface area contributed by atoms with Gasteiger partial charge < -0.3 is 10.2 Å². The van der Waals surface area contributed by atoms with E-state index in [0.29, 0.717) is 10.0 Å². The number of hydrogen-bond donors (Lipinski definition) is 3. The number of aromatic nitrogens is 1. The predicted octanol–water partition coefficient (Wildman–Crippen LogP) is 3.85. The van der Waals surface area contributed by atoms with E-state index < -0.39 is 0 Å². The number of hydrogen-bond acceptors (Lipinski definition) is 5. The van der Waals surface area contributed by atoms with Gasteiger partial charge in [-0.05, 0) is 45.8 Å². The number of anilines is 1. The number of para-hydroxylation sites is 1. The molecule has 0 unspecified atom stereocenters. The number of nitrogens with zero attached hydrogens (tertiary/aromatic N) is 2. The fourth-order valence-electron chi connectivity index (χ4n) is 2.05. The van der Waals surface area contributed by atoms with Gasteiger partial charge in [0.2, 0.25) is 0 Å². The average Bonchev–Trinajstić information content (AvgIpc) is 2.53. The first-order chi connectivity index (χ1) is 10.6. The summed E-state index contributed by atoms with van der Waals surface area (Å²) in [5.74, 6) is -0.397. The van der Waals surface area contributed by atoms with Gasteiger partial charge in [0.1, 0.15) is 0 Å². The number of aromatic hydroxyl groups is 2. The zero-order valence-electron chi connectivity index (χ0n) is 11.4. The van der Waals surface area contributed by atoms with Crippen molar-refractivity contribution in [2.45, 2.75) is 0 Å². The number of halogens is 1. The fraction of sp³-hybridized carbons (Fsp3) is 0. The molecular formula is C16H12BrN3O2. The smallest absolute Gasteiger partial charge is 0.171 e. The van der Waals surface area contributed by atoms with Crippen LogP contribution in [-0.2, 0) is 0 Å². The number of phenolic OH excluding ortho intramolecular Hbond substituents is 2. The maximum Gasteiger partial charge on any atom is 0.171 e. The standard InChI is InChI=1S/C16H12BrN3O2/c17-12-7-10(8-14(21)16(12)22)9-19-20-13-5-1-3-11-4-2-6-18-15(11)13/h1-9,20-22H. The molecule has 0 bridgehead atoms. The normalized spacial score (nSPS) is 11.1. The second kappa shape index (κ2) is 6.03. The van der Waals surface area contributed by atoms with Crippen LogP contribution in [0.4, 0.5) is 5.69 Å². The predicted molar refractivity (Wildman–Crippen MR) is 90.4 cm³/mol. The third-order valence-corrected chi connectivity index (χ3v) is 3.70. The highest BCUT2D eigenvalue weighted by Crippen LogP contribution is 2.33. The van der Waals surface area contributed by atoms with Crippen molar-refractivity contribution < 1.29 is 10.2 Å². The third-order valence-electron chi connectivity index (χ3n) is 3.10. The van der Waals surface area contributed by atoms with Crippen LogP contribution >= 0.6 is 15.9 Å². The van der Waals surface area contributed by atoms with E-state index in [-0.39, 0.29) is 11.5 Å². The molecule has 0 spiro atoms. The first kappa shape index (κ1) is 14.3. The summed E-state index contributed by atoms with van der Waals surface area (Å²) >= 11 is 3.16. The molecule has 110 valence electrons. The largest absolute Gasteiger partial charge is 0.504 e. The van der Waals surface area contributed by atoms with Gasteiger partial charge in [-0.2, -0.15) is 5.10 Å². The third kappa shape index (κ3) is 2.87. The molecule has 0 saturated carbocycles. The average molecular weight is 358 g/mol. The van der Waals surface area contributed by atoms with Crippen LogP contribution in [0.15, 0.2) is 58.2 Å². The fourth-order valence-corrected chi connectivity index (χ4v) is 2.52. The quantitative estimate of drug-likeness (QED) is 0.378. The second-order valence-corrected chi connectivity index (χ2v) is 5.48. The number of rotatable bonds is 3. The summed E-state index contributed by atoms with van der Waals surface area (Å²) in [7, 11) is 0. The lowest BCUT2D eigenvalue weighted by Crippen LogP contribution is -1.93. The summed E-state index contributed by atoms with van der Waals surface area (Å²) in [5.41, 5.74) is 5.20. The number of nitrogens with one attached hydrogen (secondary N) is 1. The molecule has 5 nitrogen and oxygen atoms in total. The van der Waals surface area contributed by atoms with Gasteiger partial charge in [0.15, 0.2) is 11.5 Å². The first-order valence-corrected chi connectivity index (χ1v) is 7.29. The van der Waals surface area contributed by atoms with Gasteiger partial charge in [0.05, 0.1) is 21.9 Å². The van der Waals surface area contributed by atoms with Crippen LogP contribution in [0, 0.1) is 0 Å². The summed E-state index contributed by atoms with van der Waals surface area (Å²) in [6.07, 6.45) is 3.28. The topological polar surface area (TPSA) is 77.7 Å². The van der Waals surface area contributed by atoms with Crippen molar-refractivity contribution >= 4 is 38.7 Å². The van der Waals surface area contributed by atoms with E-state index in [2.05, 4.69) is 31.4 Å². The second-order valence-electron chi connectivity index (χ2n) is 4.62. The van der Waals surface area contributed by atoms with Gasteiger partial charge in [-0.15, -0.1) is 0 Å². The van der Waals surface area contributed by atoms with Crippen molar-refractivity contribution in [2.75, 3.05) is 5.43 Å². The lowest BCUT2D eigenvalue weighted by molar-refractivity contribution is 0.401. The molecule has 0 fully saturated rings. The zero-order valence-corrected chi connectivity index (χ0v) is 12.9. The van der Waals surface area contributed by atoms with Crippen LogP contribution in [0.25, 0.3) is 10.9 Å². The molecule has 1 aromatic heterocycles. The molecule has 0 atom stereocenters. The van der Waals surface area contributed by atoms with Crippen molar-refractivity contribution in [3.05, 3.63) is 58.7 Å². The Morgan fingerprint density at radius 3 is 2.77 bits per heavy atom. The Balaban J connectivity index is 1.85. The maximum absolute atomic E-state index is 9.57. The highest BCUT2D eigenvalue weighted by molar-refractivity contribution is 9.10. The van der Waals surface area contributed by atoms with Gasteiger partial charge in [-0.3, -0.25) is 10.4 Å². The van der Waals surface area contributed by atoms with Crippen molar-refractivity contribution in [1.82, 2.24) is 4.98 Å². The Morgan fingerprint density at radius 2 is 1.95 bits per heavy atom. The summed E-state index contributed by atoms with van der Waals surface area (Å²) < 4.78 is 0.403. The van der Waals surface area contributed by atoms with Gasteiger partial charge in [-0.25, -0.2) is 0 Å². The van der Waals surface area contributed by atoms with E-state index in [1.54, 1.807) is 18.5 Å². The molecule has 1 heterocycles. The maximum atomic E-state index is 9.57. The van der Waals surface area contributed by atoms with Gasteiger partial charge >= 0.3 is 0 Å². The van der Waals surface area contributed by atoms with Crippen molar-refractivity contribution in [2.24, 2.45) is 5.10 Å². The summed E-state index contributed by atoms with van der Waals surface area (Å²) in [4.78, 5) is 4.33. The van der Waals surface area contributed by atoms with Gasteiger partial charge in [0, 0.05) is 11.6 Å². The minimum Gasteiger partial charge on any atom is -0.504 e. The molecule has 3 N–H and O–H groups in total. The Hall–Kier alpha value is -2.60. The van der Waals surface area contributed by atoms with Crippen LogP contribution in [0.1, 0.15) is 5.56 Å². The molecule has 0 aliphatic carbocycles. The number of phenols is 2. The number of hydrazone groups is 1. The molecule has 22 heavy (non-hydrogen) atoms. The van der Waals surface area contributed by atoms with Gasteiger partial charge in [-0.1, -0.05) is 18.2 Å². The molecule has 0 saturated heterocycles. The molecule has 0 aliphatic rings. The molecule has 2 aromatic carbocycles. The summed E-state index contributed by atoms with van der Waals surface area (Å²) in [5, 5.41) is 24.2. The van der Waals surface area contributed by atoms with Crippen LogP contribution < -0.4 is 5.43 Å². The van der Waals surface area contributed by atoms with Crippen molar-refractivity contribution in [3.8, 4) is 11.5 Å². The number of benzene rings is 2. The number of pyridine rings is 1. The van der Waals surface area contributed by atoms with E-state index in [4.69, 9.17) is 0 Å². The Morgan fingerprint density at radius 1 is 1.14 bits per heavy atom. The lowest BCUT2D eigenvalue weighted by Gasteiger charge is -2.05. The zero-order chi connectivity index (χ0) is 15.5. The van der Waals surface area contributed by atoms with Crippen LogP contribution in [0.3, 0.4) is 0 Å². The highest BCUT2D eigenvalue weighted by Gasteiger charge is 2.05. The summed E-state index contributed by atoms with van der Waals surface area (Å²) in [6, 6.07) is 12.7. The highest BCUT2D eigenvalue weighted by atomic mass is 79.9. The molecule has 0 amide bonds. The SMILES string of the molecule is Oc1cc(C=NNc2cccc3cccnc23)cc(Br)c1O. The van der Waals surface area contributed by atoms with Crippen LogP contribution in [0.5, 0.6) is 11.5 Å². The molecule has 3 aromatic rings. The molecular weight excluding hydrogens is 346 g/mol. The van der Waals surface area contributed by atoms with E-state index in [1.807, 2.05) is 30.3 Å². The van der Waals surface area contributed by atoms with Crippen LogP contribution in [-0.4, -0.2) is 21.4 Å². The van der Waals surface area contributed by atoms with E-state index in [1.165, 1.54) is 6.07 Å². The molecule has 0 radical (unpaired) electrons. The molecule has 6 heteroatoms. The Kier molecular flexibility index (Phi) is 3.93. The van der Waals surface area contributed by atoms with E-state index in [0.717, 1.165) is 16.6 Å². The molecule has 0 aliphatic heterocycles. The first-order valence-electron chi connectivity index (χ1n) is 6.49. The molecule has 3 rings (SSSR count). The van der Waals surface area contributed by atoms with Gasteiger partial charge in [0.25, 0.3) is 0 Å². The lowest BCUT2D eigenvalue weighted by atomic mass is 10.2. The monoisotopic (exact) mass is 357 g/mol. The van der Waals surface area contributed by atoms with Crippen LogP contribution in [0.2, 0.25) is 0 Å². The number of fused-ring (bicyclic) bond motifs is 1. The van der Waals surface area contributed by atoms with Crippen molar-refractivity contribution in [1.29, 1.82) is 0 Å². The Bertz CT molecular complexity index is 837. The minimum absolute atomic E-state index is 0.191. The van der Waals surface area contributed by atoms with Crippen molar-refractivity contribution in [3.63, 3.8) is 0 Å².